The number of rotatable bonds is 1. The Hall–Kier alpha value is 0.170. The number of nitrogens with zero attached hydrogens (tertiary/aromatic N) is 2. The molecule has 0 aromatic carbocycles. The Bertz CT molecular complexity index is 289. The molecule has 1 aromatic heterocycles. The third kappa shape index (κ3) is 3.72. The van der Waals surface area contributed by atoms with Crippen LogP contribution in [0.1, 0.15) is 5.69 Å². The molecule has 0 atom stereocenters. The van der Waals surface area contributed by atoms with Gasteiger partial charge in [0.15, 0.2) is 0 Å². The van der Waals surface area contributed by atoms with E-state index in [0.29, 0.717) is 5.13 Å². The maximum atomic E-state index is 5.45. The van der Waals surface area contributed by atoms with Gasteiger partial charge in [0.25, 0.3) is 0 Å². The highest BCUT2D eigenvalue weighted by molar-refractivity contribution is 7.13. The summed E-state index contributed by atoms with van der Waals surface area (Å²) in [5.41, 5.74) is 0.913. The second-order valence-corrected chi connectivity index (χ2v) is 5.28. The normalized spacial score (nSPS) is 12.7. The molecule has 1 rings (SSSR count). The van der Waals surface area contributed by atoms with Crippen LogP contribution in [0.5, 0.6) is 0 Å². The summed E-state index contributed by atoms with van der Waals surface area (Å²) in [6.45, 7) is 1.88. The summed E-state index contributed by atoms with van der Waals surface area (Å²) in [6.07, 6.45) is 1.23. The van der Waals surface area contributed by atoms with Crippen molar-refractivity contribution in [1.29, 1.82) is 0 Å². The van der Waals surface area contributed by atoms with Crippen LogP contribution in [0.2, 0.25) is 0 Å². The number of thiazole rings is 1. The van der Waals surface area contributed by atoms with Crippen LogP contribution < -0.4 is 0 Å². The van der Waals surface area contributed by atoms with E-state index in [0.717, 1.165) is 5.69 Å². The molecular formula is C6H5Cl3N2S. The molecule has 0 saturated carbocycles. The molecule has 12 heavy (non-hydrogen) atoms. The molecule has 0 fully saturated rings. The predicted molar refractivity (Wildman–Crippen MR) is 55.3 cm³/mol. The average Bonchev–Trinajstić information content (AvgIpc) is 2.30. The van der Waals surface area contributed by atoms with Crippen molar-refractivity contribution in [1.82, 2.24) is 4.98 Å². The molecule has 2 nitrogen and oxygen atoms in total. The van der Waals surface area contributed by atoms with Gasteiger partial charge in [0.2, 0.25) is 8.92 Å². The van der Waals surface area contributed by atoms with Gasteiger partial charge in [0.05, 0.1) is 11.9 Å². The van der Waals surface area contributed by atoms with Gasteiger partial charge in [-0.15, -0.1) is 11.3 Å². The predicted octanol–water partition coefficient (Wildman–Crippen LogP) is 3.52. The van der Waals surface area contributed by atoms with Crippen molar-refractivity contribution in [2.75, 3.05) is 0 Å². The minimum absolute atomic E-state index is 0.596. The van der Waals surface area contributed by atoms with Gasteiger partial charge in [-0.3, -0.25) is 0 Å². The first kappa shape index (κ1) is 10.3. The van der Waals surface area contributed by atoms with Gasteiger partial charge >= 0.3 is 0 Å². The summed E-state index contributed by atoms with van der Waals surface area (Å²) in [6, 6.07) is 0. The Morgan fingerprint density at radius 2 is 2.25 bits per heavy atom. The molecule has 1 heterocycles. The first-order valence-corrected chi connectivity index (χ1v) is 5.03. The minimum atomic E-state index is -1.44. The van der Waals surface area contributed by atoms with E-state index in [2.05, 4.69) is 9.98 Å². The van der Waals surface area contributed by atoms with Gasteiger partial charge in [-0.2, -0.15) is 0 Å². The molecule has 66 valence electrons. The zero-order chi connectivity index (χ0) is 9.19. The fraction of sp³-hybridized carbons (Fsp3) is 0.333. The quantitative estimate of drug-likeness (QED) is 0.547. The number of aliphatic imine (C=N–C) groups is 1. The third-order valence-corrected chi connectivity index (χ3v) is 2.09. The lowest BCUT2D eigenvalue weighted by molar-refractivity contribution is 1.24. The van der Waals surface area contributed by atoms with Gasteiger partial charge < -0.3 is 0 Å². The number of hydrogen-bond donors (Lipinski definition) is 0. The van der Waals surface area contributed by atoms with Gasteiger partial charge in [-0.25, -0.2) is 9.98 Å². The van der Waals surface area contributed by atoms with E-state index in [9.17, 15) is 0 Å². The van der Waals surface area contributed by atoms with Crippen LogP contribution in [0, 0.1) is 6.92 Å². The van der Waals surface area contributed by atoms with Crippen molar-refractivity contribution in [2.45, 2.75) is 10.7 Å². The first-order chi connectivity index (χ1) is 5.47. The molecule has 0 bridgehead atoms. The van der Waals surface area contributed by atoms with Crippen molar-refractivity contribution < 1.29 is 0 Å². The molecule has 0 aliphatic carbocycles. The fourth-order valence-electron chi connectivity index (χ4n) is 0.529. The summed E-state index contributed by atoms with van der Waals surface area (Å²) >= 11 is 17.8. The van der Waals surface area contributed by atoms with E-state index in [4.69, 9.17) is 34.8 Å². The van der Waals surface area contributed by atoms with E-state index in [1.54, 1.807) is 0 Å². The maximum Gasteiger partial charge on any atom is 0.226 e. The molecule has 0 unspecified atom stereocenters. The molecule has 0 radical (unpaired) electrons. The van der Waals surface area contributed by atoms with E-state index in [1.807, 2.05) is 12.3 Å². The molecular weight excluding hydrogens is 239 g/mol. The monoisotopic (exact) mass is 242 g/mol. The van der Waals surface area contributed by atoms with Crippen LogP contribution in [-0.2, 0) is 0 Å². The Kier molecular flexibility index (Phi) is 3.35. The van der Waals surface area contributed by atoms with Gasteiger partial charge in [0.1, 0.15) is 0 Å². The summed E-state index contributed by atoms with van der Waals surface area (Å²) in [4.78, 5) is 7.94. The van der Waals surface area contributed by atoms with Gasteiger partial charge in [-0.05, 0) is 6.92 Å². The SMILES string of the molecule is Cc1csc(/N=C/C(Cl)(Cl)Cl)n1. The Labute approximate surface area is 89.2 Å². The number of aromatic nitrogens is 1. The average molecular weight is 244 g/mol. The highest BCUT2D eigenvalue weighted by atomic mass is 35.6. The lowest BCUT2D eigenvalue weighted by atomic mass is 10.6. The molecule has 0 aliphatic rings. The summed E-state index contributed by atoms with van der Waals surface area (Å²) in [5.74, 6) is 0. The van der Waals surface area contributed by atoms with E-state index >= 15 is 0 Å². The van der Waals surface area contributed by atoms with Gasteiger partial charge in [0, 0.05) is 5.38 Å². The largest absolute Gasteiger partial charge is 0.228 e. The molecule has 0 spiro atoms. The second-order valence-electron chi connectivity index (χ2n) is 2.07. The lowest BCUT2D eigenvalue weighted by Crippen LogP contribution is -2.01. The Balaban J connectivity index is 2.70. The number of halogens is 3. The minimum Gasteiger partial charge on any atom is -0.228 e. The van der Waals surface area contributed by atoms with Crippen molar-refractivity contribution in [3.05, 3.63) is 11.1 Å². The van der Waals surface area contributed by atoms with E-state index < -0.39 is 3.79 Å². The molecule has 0 amide bonds. The van der Waals surface area contributed by atoms with Crippen LogP contribution in [0.3, 0.4) is 0 Å². The molecule has 1 aromatic rings. The van der Waals surface area contributed by atoms with Crippen molar-refractivity contribution in [3.8, 4) is 0 Å². The fourth-order valence-corrected chi connectivity index (χ4v) is 1.31. The molecule has 0 saturated heterocycles. The number of aryl methyl sites for hydroxylation is 1. The van der Waals surface area contributed by atoms with Crippen LogP contribution in [0.15, 0.2) is 10.4 Å². The summed E-state index contributed by atoms with van der Waals surface area (Å²) in [7, 11) is 0. The number of hydrogen-bond acceptors (Lipinski definition) is 3. The van der Waals surface area contributed by atoms with E-state index in [1.165, 1.54) is 17.6 Å². The van der Waals surface area contributed by atoms with Crippen LogP contribution >= 0.6 is 46.1 Å². The summed E-state index contributed by atoms with van der Waals surface area (Å²) < 4.78 is -1.44. The van der Waals surface area contributed by atoms with Crippen LogP contribution in [-0.4, -0.2) is 15.0 Å². The van der Waals surface area contributed by atoms with Crippen LogP contribution in [0.4, 0.5) is 5.13 Å². The van der Waals surface area contributed by atoms with E-state index in [-0.39, 0.29) is 0 Å². The maximum absolute atomic E-state index is 5.45. The highest BCUT2D eigenvalue weighted by Crippen LogP contribution is 2.25. The number of alkyl halides is 3. The zero-order valence-electron chi connectivity index (χ0n) is 6.09. The lowest BCUT2D eigenvalue weighted by Gasteiger charge is -1.99. The first-order valence-electron chi connectivity index (χ1n) is 3.01. The van der Waals surface area contributed by atoms with Crippen molar-refractivity contribution in [3.63, 3.8) is 0 Å². The van der Waals surface area contributed by atoms with Crippen molar-refractivity contribution in [2.24, 2.45) is 4.99 Å². The third-order valence-electron chi connectivity index (χ3n) is 0.928. The summed E-state index contributed by atoms with van der Waals surface area (Å²) in [5, 5.41) is 2.48. The highest BCUT2D eigenvalue weighted by Gasteiger charge is 2.15. The smallest absolute Gasteiger partial charge is 0.226 e. The topological polar surface area (TPSA) is 25.2 Å². The molecule has 6 heteroatoms. The standard InChI is InChI=1S/C6H5Cl3N2S/c1-4-2-12-5(11-4)10-3-6(7,8)9/h2-3H,1H3/b10-3+. The van der Waals surface area contributed by atoms with Crippen LogP contribution in [0.25, 0.3) is 0 Å². The Morgan fingerprint density at radius 1 is 1.58 bits per heavy atom. The van der Waals surface area contributed by atoms with Gasteiger partial charge in [-0.1, -0.05) is 34.8 Å². The Morgan fingerprint density at radius 3 is 2.67 bits per heavy atom. The zero-order valence-corrected chi connectivity index (χ0v) is 9.18. The second kappa shape index (κ2) is 3.92. The molecule has 0 N–H and O–H groups in total. The molecule has 0 aliphatic heterocycles. The van der Waals surface area contributed by atoms with Crippen molar-refractivity contribution >= 4 is 57.5 Å².